The lowest BCUT2D eigenvalue weighted by atomic mass is 10.2. The summed E-state index contributed by atoms with van der Waals surface area (Å²) in [6.07, 6.45) is 3.42. The van der Waals surface area contributed by atoms with E-state index in [2.05, 4.69) is 30.3 Å². The second kappa shape index (κ2) is 7.44. The first kappa shape index (κ1) is 15.8. The van der Waals surface area contributed by atoms with Crippen LogP contribution in [0.25, 0.3) is 0 Å². The van der Waals surface area contributed by atoms with E-state index >= 15 is 0 Å². The van der Waals surface area contributed by atoms with E-state index in [-0.39, 0.29) is 12.5 Å². The van der Waals surface area contributed by atoms with E-state index in [1.165, 1.54) is 11.3 Å². The number of carbonyl (C=O) groups excluding carboxylic acids is 1. The molecule has 1 aliphatic heterocycles. The minimum absolute atomic E-state index is 0.0202. The number of amides is 1. The number of aliphatic hydroxyl groups excluding tert-OH is 1. The van der Waals surface area contributed by atoms with Crippen molar-refractivity contribution in [1.82, 2.24) is 20.1 Å². The van der Waals surface area contributed by atoms with Crippen molar-refractivity contribution in [3.63, 3.8) is 0 Å². The standard InChI is InChI=1S/C14H18N6O2S/c21-9-11-7-15-2-1-12(11)20-5-3-19(4-6-20)8-13(22)17-14-18-16-10-23-14/h1-2,7,10,21H,3-6,8-9H2,(H,17,18,22). The Hall–Kier alpha value is -2.10. The number of nitrogens with zero attached hydrogens (tertiary/aromatic N) is 5. The average molecular weight is 334 g/mol. The molecule has 23 heavy (non-hydrogen) atoms. The van der Waals surface area contributed by atoms with Crippen LogP contribution in [-0.4, -0.2) is 63.8 Å². The van der Waals surface area contributed by atoms with Crippen LogP contribution in [0.15, 0.2) is 24.0 Å². The van der Waals surface area contributed by atoms with Gasteiger partial charge in [-0.1, -0.05) is 11.3 Å². The summed E-state index contributed by atoms with van der Waals surface area (Å²) in [5.41, 5.74) is 3.43. The maximum Gasteiger partial charge on any atom is 0.240 e. The topological polar surface area (TPSA) is 94.5 Å². The summed E-state index contributed by atoms with van der Waals surface area (Å²) in [4.78, 5) is 20.3. The van der Waals surface area contributed by atoms with Gasteiger partial charge in [0.25, 0.3) is 0 Å². The second-order valence-corrected chi connectivity index (χ2v) is 6.05. The van der Waals surface area contributed by atoms with Crippen LogP contribution < -0.4 is 10.2 Å². The van der Waals surface area contributed by atoms with E-state index in [9.17, 15) is 9.90 Å². The molecule has 1 fully saturated rings. The quantitative estimate of drug-likeness (QED) is 0.806. The van der Waals surface area contributed by atoms with Crippen molar-refractivity contribution >= 4 is 28.1 Å². The molecule has 1 saturated heterocycles. The Balaban J connectivity index is 1.51. The molecular formula is C14H18N6O2S. The summed E-state index contributed by atoms with van der Waals surface area (Å²) < 4.78 is 0. The number of aliphatic hydroxyl groups is 1. The van der Waals surface area contributed by atoms with E-state index in [1.54, 1.807) is 17.9 Å². The molecule has 0 radical (unpaired) electrons. The van der Waals surface area contributed by atoms with Gasteiger partial charge in [-0.05, 0) is 6.07 Å². The molecule has 0 bridgehead atoms. The number of carbonyl (C=O) groups is 1. The van der Waals surface area contributed by atoms with Gasteiger partial charge in [-0.25, -0.2) is 0 Å². The highest BCUT2D eigenvalue weighted by Gasteiger charge is 2.21. The Labute approximate surface area is 137 Å². The second-order valence-electron chi connectivity index (χ2n) is 5.22. The fourth-order valence-electron chi connectivity index (χ4n) is 2.59. The van der Waals surface area contributed by atoms with Crippen LogP contribution in [0.5, 0.6) is 0 Å². The lowest BCUT2D eigenvalue weighted by Crippen LogP contribution is -2.49. The Kier molecular flexibility index (Phi) is 5.11. The zero-order chi connectivity index (χ0) is 16.1. The van der Waals surface area contributed by atoms with Crippen molar-refractivity contribution < 1.29 is 9.90 Å². The van der Waals surface area contributed by atoms with Gasteiger partial charge < -0.3 is 10.0 Å². The van der Waals surface area contributed by atoms with Crippen molar-refractivity contribution in [1.29, 1.82) is 0 Å². The van der Waals surface area contributed by atoms with Gasteiger partial charge >= 0.3 is 0 Å². The summed E-state index contributed by atoms with van der Waals surface area (Å²) in [6, 6.07) is 1.92. The van der Waals surface area contributed by atoms with E-state index in [4.69, 9.17) is 0 Å². The first-order valence-electron chi connectivity index (χ1n) is 7.33. The largest absolute Gasteiger partial charge is 0.392 e. The third-order valence-corrected chi connectivity index (χ3v) is 4.34. The molecule has 1 amide bonds. The highest BCUT2D eigenvalue weighted by Crippen LogP contribution is 2.20. The van der Waals surface area contributed by atoms with Gasteiger partial charge in [0.1, 0.15) is 5.51 Å². The Morgan fingerprint density at radius 3 is 2.87 bits per heavy atom. The van der Waals surface area contributed by atoms with Gasteiger partial charge in [0.2, 0.25) is 11.0 Å². The molecule has 0 aromatic carbocycles. The molecule has 122 valence electrons. The molecule has 2 aromatic heterocycles. The summed E-state index contributed by atoms with van der Waals surface area (Å²) in [7, 11) is 0. The maximum atomic E-state index is 12.0. The molecule has 0 spiro atoms. The van der Waals surface area contributed by atoms with Crippen molar-refractivity contribution in [2.75, 3.05) is 42.9 Å². The lowest BCUT2D eigenvalue weighted by Gasteiger charge is -2.36. The third-order valence-electron chi connectivity index (χ3n) is 3.73. The summed E-state index contributed by atoms with van der Waals surface area (Å²) in [5, 5.41) is 20.2. The summed E-state index contributed by atoms with van der Waals surface area (Å²) in [5.74, 6) is -0.0739. The monoisotopic (exact) mass is 334 g/mol. The van der Waals surface area contributed by atoms with Crippen LogP contribution in [0.4, 0.5) is 10.8 Å². The SMILES string of the molecule is O=C(CN1CCN(c2ccncc2CO)CC1)Nc1nncs1. The predicted octanol–water partition coefficient (Wildman–Crippen LogP) is 0.186. The van der Waals surface area contributed by atoms with Crippen molar-refractivity contribution in [3.05, 3.63) is 29.5 Å². The van der Waals surface area contributed by atoms with Crippen molar-refractivity contribution in [2.24, 2.45) is 0 Å². The molecule has 2 N–H and O–H groups in total. The number of aromatic nitrogens is 3. The smallest absolute Gasteiger partial charge is 0.240 e. The lowest BCUT2D eigenvalue weighted by molar-refractivity contribution is -0.117. The fourth-order valence-corrected chi connectivity index (χ4v) is 3.05. The Bertz CT molecular complexity index is 642. The summed E-state index contributed by atoms with van der Waals surface area (Å²) in [6.45, 7) is 3.52. The van der Waals surface area contributed by atoms with Gasteiger partial charge in [-0.2, -0.15) is 0 Å². The van der Waals surface area contributed by atoms with Gasteiger partial charge in [0.05, 0.1) is 13.2 Å². The Morgan fingerprint density at radius 1 is 1.35 bits per heavy atom. The molecule has 0 atom stereocenters. The van der Waals surface area contributed by atoms with E-state index in [0.29, 0.717) is 11.7 Å². The number of anilines is 2. The zero-order valence-corrected chi connectivity index (χ0v) is 13.4. The van der Waals surface area contributed by atoms with E-state index in [1.807, 2.05) is 6.07 Å². The van der Waals surface area contributed by atoms with Gasteiger partial charge in [-0.15, -0.1) is 10.2 Å². The van der Waals surface area contributed by atoms with Crippen LogP contribution in [0.3, 0.4) is 0 Å². The molecule has 0 unspecified atom stereocenters. The number of pyridine rings is 1. The molecule has 3 heterocycles. The first-order chi connectivity index (χ1) is 11.3. The molecule has 0 aliphatic carbocycles. The normalized spacial score (nSPS) is 15.6. The Morgan fingerprint density at radius 2 is 2.17 bits per heavy atom. The number of piperazine rings is 1. The van der Waals surface area contributed by atoms with Gasteiger partial charge in [0.15, 0.2) is 0 Å². The van der Waals surface area contributed by atoms with Crippen LogP contribution >= 0.6 is 11.3 Å². The van der Waals surface area contributed by atoms with Crippen LogP contribution in [0, 0.1) is 0 Å². The van der Waals surface area contributed by atoms with E-state index < -0.39 is 0 Å². The van der Waals surface area contributed by atoms with Gasteiger partial charge in [-0.3, -0.25) is 20.0 Å². The number of nitrogens with one attached hydrogen (secondary N) is 1. The van der Waals surface area contributed by atoms with Crippen LogP contribution in [0.2, 0.25) is 0 Å². The van der Waals surface area contributed by atoms with Crippen LogP contribution in [-0.2, 0) is 11.4 Å². The highest BCUT2D eigenvalue weighted by atomic mass is 32.1. The van der Waals surface area contributed by atoms with Crippen molar-refractivity contribution in [3.8, 4) is 0 Å². The molecule has 3 rings (SSSR count). The number of rotatable bonds is 5. The summed E-state index contributed by atoms with van der Waals surface area (Å²) >= 11 is 1.30. The number of hydrogen-bond donors (Lipinski definition) is 2. The van der Waals surface area contributed by atoms with E-state index in [0.717, 1.165) is 37.4 Å². The van der Waals surface area contributed by atoms with Crippen molar-refractivity contribution in [2.45, 2.75) is 6.61 Å². The molecular weight excluding hydrogens is 316 g/mol. The number of hydrogen-bond acceptors (Lipinski definition) is 8. The molecule has 9 heteroatoms. The average Bonchev–Trinajstić information content (AvgIpc) is 3.08. The van der Waals surface area contributed by atoms with Gasteiger partial charge in [0, 0.05) is 49.8 Å². The third kappa shape index (κ3) is 4.01. The maximum absolute atomic E-state index is 12.0. The van der Waals surface area contributed by atoms with Crippen LogP contribution in [0.1, 0.15) is 5.56 Å². The molecule has 1 aliphatic rings. The minimum atomic E-state index is -0.0739. The first-order valence-corrected chi connectivity index (χ1v) is 8.21. The molecule has 0 saturated carbocycles. The highest BCUT2D eigenvalue weighted by molar-refractivity contribution is 7.13. The minimum Gasteiger partial charge on any atom is -0.392 e. The fraction of sp³-hybridized carbons (Fsp3) is 0.429. The zero-order valence-electron chi connectivity index (χ0n) is 12.6. The molecule has 2 aromatic rings. The molecule has 8 nitrogen and oxygen atoms in total. The predicted molar refractivity (Wildman–Crippen MR) is 87.4 cm³/mol.